The summed E-state index contributed by atoms with van der Waals surface area (Å²) in [6.45, 7) is 3.04. The molecule has 0 atom stereocenters. The van der Waals surface area contributed by atoms with E-state index in [2.05, 4.69) is 14.9 Å². The number of hydrogen-bond acceptors (Lipinski definition) is 8. The van der Waals surface area contributed by atoms with Crippen LogP contribution in [0.2, 0.25) is 0 Å². The van der Waals surface area contributed by atoms with Gasteiger partial charge in [-0.15, -0.1) is 21.5 Å². The number of rotatable bonds is 6. The van der Waals surface area contributed by atoms with Crippen molar-refractivity contribution in [3.8, 4) is 16.5 Å². The van der Waals surface area contributed by atoms with Gasteiger partial charge in [-0.2, -0.15) is 0 Å². The molecule has 0 bridgehead atoms. The molecule has 1 fully saturated rings. The molecule has 1 saturated heterocycles. The highest BCUT2D eigenvalue weighted by Gasteiger charge is 2.27. The van der Waals surface area contributed by atoms with Gasteiger partial charge >= 0.3 is 11.8 Å². The number of ether oxygens (including phenoxy) is 1. The van der Waals surface area contributed by atoms with Gasteiger partial charge in [0, 0.05) is 24.0 Å². The molecule has 0 spiro atoms. The van der Waals surface area contributed by atoms with Crippen molar-refractivity contribution in [2.45, 2.75) is 24.7 Å². The van der Waals surface area contributed by atoms with Gasteiger partial charge in [0.2, 0.25) is 0 Å². The third kappa shape index (κ3) is 4.03. The average Bonchev–Trinajstić information content (AvgIpc) is 3.47. The Kier molecular flexibility index (Phi) is 5.48. The topological polar surface area (TPSA) is 115 Å². The Bertz CT molecular complexity index is 1180. The highest BCUT2D eigenvalue weighted by molar-refractivity contribution is 7.93. The first kappa shape index (κ1) is 20.4. The van der Waals surface area contributed by atoms with Gasteiger partial charge in [-0.3, -0.25) is 9.52 Å². The molecule has 1 aromatic carbocycles. The van der Waals surface area contributed by atoms with E-state index in [-0.39, 0.29) is 22.6 Å². The maximum absolute atomic E-state index is 12.9. The van der Waals surface area contributed by atoms with Gasteiger partial charge in [0.1, 0.15) is 10.6 Å². The first-order valence-electron chi connectivity index (χ1n) is 9.28. The second-order valence-corrected chi connectivity index (χ2v) is 9.69. The van der Waals surface area contributed by atoms with Crippen molar-refractivity contribution in [1.29, 1.82) is 0 Å². The quantitative estimate of drug-likeness (QED) is 0.616. The molecule has 0 aliphatic carbocycles. The predicted octanol–water partition coefficient (Wildman–Crippen LogP) is 3.15. The molecule has 2 aromatic heterocycles. The van der Waals surface area contributed by atoms with Crippen LogP contribution in [0, 0.1) is 6.92 Å². The minimum atomic E-state index is -3.84. The number of nitrogens with one attached hydrogen (secondary N) is 1. The summed E-state index contributed by atoms with van der Waals surface area (Å²) in [4.78, 5) is 15.2. The van der Waals surface area contributed by atoms with E-state index in [1.807, 2.05) is 0 Å². The summed E-state index contributed by atoms with van der Waals surface area (Å²) in [5, 5.41) is 7.78. The van der Waals surface area contributed by atoms with Crippen LogP contribution in [0.4, 0.5) is 5.69 Å². The van der Waals surface area contributed by atoms with E-state index in [9.17, 15) is 13.2 Å². The highest BCUT2D eigenvalue weighted by Crippen LogP contribution is 2.34. The summed E-state index contributed by atoms with van der Waals surface area (Å²) in [5.74, 6) is 0.274. The molecular formula is C19H20N4O5S2. The van der Waals surface area contributed by atoms with Crippen molar-refractivity contribution < 1.29 is 22.4 Å². The summed E-state index contributed by atoms with van der Waals surface area (Å²) in [7, 11) is -2.33. The molecule has 0 radical (unpaired) electrons. The number of aryl methyl sites for hydroxylation is 1. The summed E-state index contributed by atoms with van der Waals surface area (Å²) < 4.78 is 39.0. The van der Waals surface area contributed by atoms with E-state index < -0.39 is 10.0 Å². The Labute approximate surface area is 177 Å². The molecule has 1 amide bonds. The Hall–Kier alpha value is -2.92. The Balaban J connectivity index is 1.57. The van der Waals surface area contributed by atoms with Gasteiger partial charge in [0.05, 0.1) is 17.7 Å². The molecular weight excluding hydrogens is 428 g/mol. The number of hydrogen-bond donors (Lipinski definition) is 1. The number of aromatic nitrogens is 2. The lowest BCUT2D eigenvalue weighted by molar-refractivity contribution is 0.0754. The number of sulfonamides is 1. The maximum atomic E-state index is 12.9. The molecule has 3 aromatic rings. The minimum Gasteiger partial charge on any atom is -0.497 e. The van der Waals surface area contributed by atoms with Crippen LogP contribution in [0.15, 0.2) is 39.6 Å². The molecule has 0 saturated carbocycles. The monoisotopic (exact) mass is 448 g/mol. The van der Waals surface area contributed by atoms with Crippen molar-refractivity contribution in [1.82, 2.24) is 15.1 Å². The van der Waals surface area contributed by atoms with Gasteiger partial charge in [-0.1, -0.05) is 6.07 Å². The van der Waals surface area contributed by atoms with E-state index >= 15 is 0 Å². The first-order chi connectivity index (χ1) is 14.4. The van der Waals surface area contributed by atoms with Crippen molar-refractivity contribution in [3.63, 3.8) is 0 Å². The maximum Gasteiger partial charge on any atom is 0.311 e. The lowest BCUT2D eigenvalue weighted by Gasteiger charge is -2.11. The van der Waals surface area contributed by atoms with Crippen LogP contribution in [-0.2, 0) is 10.0 Å². The standard InChI is InChI=1S/C19H20N4O5S2/c1-12-16(30(25,26)22-13-6-5-7-14(10-13)27-2)11-15(29-12)17-20-21-18(28-17)19(24)23-8-3-4-9-23/h5-7,10-11,22H,3-4,8-9H2,1-2H3. The molecule has 3 heterocycles. The third-order valence-corrected chi connectivity index (χ3v) is 7.37. The Morgan fingerprint density at radius 3 is 2.73 bits per heavy atom. The van der Waals surface area contributed by atoms with Crippen molar-refractivity contribution in [2.75, 3.05) is 24.9 Å². The molecule has 30 heavy (non-hydrogen) atoms. The van der Waals surface area contributed by atoms with Gasteiger partial charge in [0.25, 0.3) is 15.9 Å². The number of benzene rings is 1. The molecule has 4 rings (SSSR count). The minimum absolute atomic E-state index is 0.0862. The van der Waals surface area contributed by atoms with Crippen molar-refractivity contribution in [3.05, 3.63) is 41.1 Å². The van der Waals surface area contributed by atoms with Crippen LogP contribution in [-0.4, -0.2) is 49.6 Å². The average molecular weight is 449 g/mol. The number of anilines is 1. The second kappa shape index (κ2) is 8.07. The zero-order chi connectivity index (χ0) is 21.3. The number of nitrogens with zero attached hydrogens (tertiary/aromatic N) is 3. The molecule has 1 aliphatic rings. The van der Waals surface area contributed by atoms with Crippen LogP contribution >= 0.6 is 11.3 Å². The molecule has 1 N–H and O–H groups in total. The molecule has 158 valence electrons. The van der Waals surface area contributed by atoms with E-state index in [4.69, 9.17) is 9.15 Å². The second-order valence-electron chi connectivity index (χ2n) is 6.78. The van der Waals surface area contributed by atoms with Gasteiger partial charge in [-0.25, -0.2) is 8.42 Å². The van der Waals surface area contributed by atoms with Crippen LogP contribution in [0.5, 0.6) is 5.75 Å². The van der Waals surface area contributed by atoms with E-state index in [0.717, 1.165) is 12.8 Å². The van der Waals surface area contributed by atoms with Gasteiger partial charge in [0.15, 0.2) is 0 Å². The number of thiophene rings is 1. The zero-order valence-electron chi connectivity index (χ0n) is 16.4. The number of amides is 1. The smallest absolute Gasteiger partial charge is 0.311 e. The summed E-state index contributed by atoms with van der Waals surface area (Å²) in [6.07, 6.45) is 1.91. The van der Waals surface area contributed by atoms with Crippen LogP contribution in [0.3, 0.4) is 0 Å². The van der Waals surface area contributed by atoms with Crippen molar-refractivity contribution >= 4 is 33.0 Å². The Morgan fingerprint density at radius 2 is 2.00 bits per heavy atom. The highest BCUT2D eigenvalue weighted by atomic mass is 32.2. The van der Waals surface area contributed by atoms with Crippen LogP contribution in [0.25, 0.3) is 10.8 Å². The van der Waals surface area contributed by atoms with Crippen LogP contribution < -0.4 is 9.46 Å². The molecule has 0 unspecified atom stereocenters. The van der Waals surface area contributed by atoms with E-state index in [0.29, 0.717) is 34.3 Å². The fourth-order valence-electron chi connectivity index (χ4n) is 3.20. The van der Waals surface area contributed by atoms with E-state index in [1.165, 1.54) is 24.5 Å². The number of likely N-dealkylation sites (tertiary alicyclic amines) is 1. The fraction of sp³-hybridized carbons (Fsp3) is 0.316. The zero-order valence-corrected chi connectivity index (χ0v) is 18.0. The number of methoxy groups -OCH3 is 1. The first-order valence-corrected chi connectivity index (χ1v) is 11.6. The molecule has 9 nitrogen and oxygen atoms in total. The SMILES string of the molecule is COc1cccc(NS(=O)(=O)c2cc(-c3nnc(C(=O)N4CCCC4)o3)sc2C)c1. The van der Waals surface area contributed by atoms with E-state index in [1.54, 1.807) is 36.1 Å². The summed E-state index contributed by atoms with van der Waals surface area (Å²) in [5.41, 5.74) is 0.387. The summed E-state index contributed by atoms with van der Waals surface area (Å²) >= 11 is 1.20. The normalized spacial score (nSPS) is 14.1. The van der Waals surface area contributed by atoms with Gasteiger partial charge < -0.3 is 14.1 Å². The number of carbonyl (C=O) groups excluding carboxylic acids is 1. The molecule has 11 heteroatoms. The van der Waals surface area contributed by atoms with Gasteiger partial charge in [-0.05, 0) is 38.0 Å². The third-order valence-electron chi connectivity index (χ3n) is 4.70. The fourth-order valence-corrected chi connectivity index (χ4v) is 5.76. The summed E-state index contributed by atoms with van der Waals surface area (Å²) in [6, 6.07) is 8.12. The largest absolute Gasteiger partial charge is 0.497 e. The van der Waals surface area contributed by atoms with Crippen LogP contribution in [0.1, 0.15) is 28.4 Å². The molecule has 1 aliphatic heterocycles. The predicted molar refractivity (Wildman–Crippen MR) is 111 cm³/mol. The van der Waals surface area contributed by atoms with Crippen molar-refractivity contribution in [2.24, 2.45) is 0 Å². The number of carbonyl (C=O) groups is 1. The lowest BCUT2D eigenvalue weighted by Crippen LogP contribution is -2.27. The lowest BCUT2D eigenvalue weighted by atomic mass is 10.3. The Morgan fingerprint density at radius 1 is 1.23 bits per heavy atom.